The Balaban J connectivity index is 1.68. The molecule has 3 heterocycles. The monoisotopic (exact) mass is 352 g/mol. The van der Waals surface area contributed by atoms with Crippen LogP contribution in [0.5, 0.6) is 5.88 Å². The van der Waals surface area contributed by atoms with Crippen LogP contribution in [0.4, 0.5) is 4.39 Å². The van der Waals surface area contributed by atoms with Crippen molar-refractivity contribution < 1.29 is 9.13 Å². The lowest BCUT2D eigenvalue weighted by Gasteiger charge is -2.28. The van der Waals surface area contributed by atoms with Gasteiger partial charge in [-0.15, -0.1) is 0 Å². The first-order valence-corrected chi connectivity index (χ1v) is 8.39. The molecule has 0 saturated carbocycles. The topological polar surface area (TPSA) is 79.9 Å². The molecule has 1 aromatic carbocycles. The number of hydrogen-bond donors (Lipinski definition) is 0. The summed E-state index contributed by atoms with van der Waals surface area (Å²) in [6.07, 6.45) is 4.93. The van der Waals surface area contributed by atoms with Crippen molar-refractivity contribution in [3.63, 3.8) is 0 Å². The van der Waals surface area contributed by atoms with Crippen molar-refractivity contribution >= 4 is 11.0 Å². The zero-order chi connectivity index (χ0) is 18.1. The minimum atomic E-state index is -0.537. The van der Waals surface area contributed by atoms with Crippen LogP contribution in [0.25, 0.3) is 16.7 Å². The second kappa shape index (κ2) is 6.69. The van der Waals surface area contributed by atoms with Crippen molar-refractivity contribution in [3.8, 4) is 17.6 Å². The van der Waals surface area contributed by atoms with Gasteiger partial charge in [-0.05, 0) is 38.1 Å². The van der Waals surface area contributed by atoms with Crippen molar-refractivity contribution in [2.45, 2.75) is 18.9 Å². The number of likely N-dealkylation sites (tertiary alicyclic amines) is 1. The lowest BCUT2D eigenvalue weighted by atomic mass is 10.1. The molecule has 26 heavy (non-hydrogen) atoms. The third kappa shape index (κ3) is 2.97. The van der Waals surface area contributed by atoms with E-state index in [1.54, 1.807) is 12.3 Å². The molecule has 0 N–H and O–H groups in total. The Morgan fingerprint density at radius 2 is 2.08 bits per heavy atom. The van der Waals surface area contributed by atoms with E-state index in [-0.39, 0.29) is 17.4 Å². The Labute approximate surface area is 149 Å². The van der Waals surface area contributed by atoms with Gasteiger partial charge in [0.15, 0.2) is 5.65 Å². The van der Waals surface area contributed by atoms with Crippen molar-refractivity contribution in [1.29, 1.82) is 5.26 Å². The summed E-state index contributed by atoms with van der Waals surface area (Å²) in [5.74, 6) is -0.0738. The first-order valence-electron chi connectivity index (χ1n) is 8.39. The van der Waals surface area contributed by atoms with Gasteiger partial charge in [0.2, 0.25) is 5.88 Å². The second-order valence-corrected chi connectivity index (χ2v) is 6.37. The van der Waals surface area contributed by atoms with Crippen LogP contribution in [0.15, 0.2) is 30.7 Å². The molecule has 1 aliphatic heterocycles. The molecule has 0 unspecified atom stereocenters. The number of aromatic nitrogens is 4. The van der Waals surface area contributed by atoms with Crippen LogP contribution in [-0.4, -0.2) is 50.9 Å². The lowest BCUT2D eigenvalue weighted by Crippen LogP contribution is -2.35. The van der Waals surface area contributed by atoms with Gasteiger partial charge in [-0.1, -0.05) is 0 Å². The summed E-state index contributed by atoms with van der Waals surface area (Å²) in [6.45, 7) is 1.96. The fourth-order valence-electron chi connectivity index (χ4n) is 3.10. The number of ether oxygens (including phenoxy) is 1. The smallest absolute Gasteiger partial charge is 0.228 e. The Bertz CT molecular complexity index is 987. The Hall–Kier alpha value is -3.05. The van der Waals surface area contributed by atoms with Gasteiger partial charge in [0.1, 0.15) is 29.3 Å². The van der Waals surface area contributed by atoms with Crippen LogP contribution in [0.1, 0.15) is 18.4 Å². The molecule has 4 rings (SSSR count). The normalized spacial score (nSPS) is 15.9. The molecule has 0 amide bonds. The number of fused-ring (bicyclic) bond motifs is 1. The first kappa shape index (κ1) is 16.4. The van der Waals surface area contributed by atoms with Crippen LogP contribution in [0.3, 0.4) is 0 Å². The maximum atomic E-state index is 14.3. The maximum absolute atomic E-state index is 14.3. The van der Waals surface area contributed by atoms with Crippen LogP contribution in [0.2, 0.25) is 0 Å². The zero-order valence-corrected chi connectivity index (χ0v) is 14.3. The third-order valence-electron chi connectivity index (χ3n) is 4.58. The highest BCUT2D eigenvalue weighted by Gasteiger charge is 2.21. The summed E-state index contributed by atoms with van der Waals surface area (Å²) in [5, 5.41) is 13.8. The van der Waals surface area contributed by atoms with Gasteiger partial charge in [0, 0.05) is 13.1 Å². The number of hydrogen-bond acceptors (Lipinski definition) is 6. The molecule has 0 atom stereocenters. The number of benzene rings is 1. The summed E-state index contributed by atoms with van der Waals surface area (Å²) < 4.78 is 21.8. The Morgan fingerprint density at radius 1 is 1.27 bits per heavy atom. The van der Waals surface area contributed by atoms with Gasteiger partial charge in [-0.3, -0.25) is 0 Å². The van der Waals surface area contributed by atoms with Crippen LogP contribution in [-0.2, 0) is 0 Å². The van der Waals surface area contributed by atoms with Gasteiger partial charge in [0.05, 0.1) is 17.8 Å². The molecule has 8 heteroatoms. The van der Waals surface area contributed by atoms with E-state index in [4.69, 9.17) is 10.00 Å². The SMILES string of the molecule is CN1CCC(Oc2ncnc3c2cnn3-c2ccc(C#N)cc2F)CC1. The molecule has 3 aromatic rings. The summed E-state index contributed by atoms with van der Waals surface area (Å²) in [6, 6.07) is 6.16. The first-order chi connectivity index (χ1) is 12.7. The van der Waals surface area contributed by atoms with Gasteiger partial charge in [-0.25, -0.2) is 19.0 Å². The lowest BCUT2D eigenvalue weighted by molar-refractivity contribution is 0.111. The molecular weight excluding hydrogens is 335 g/mol. The van der Waals surface area contributed by atoms with E-state index in [1.165, 1.54) is 23.1 Å². The molecule has 0 bridgehead atoms. The van der Waals surface area contributed by atoms with E-state index in [0.717, 1.165) is 25.9 Å². The number of nitrogens with zero attached hydrogens (tertiary/aromatic N) is 6. The molecule has 0 spiro atoms. The molecule has 132 valence electrons. The molecule has 1 aliphatic rings. The minimum Gasteiger partial charge on any atom is -0.474 e. The Kier molecular flexibility index (Phi) is 4.22. The molecule has 0 radical (unpaired) electrons. The fraction of sp³-hybridized carbons (Fsp3) is 0.333. The molecular formula is C18H17FN6O. The molecule has 2 aromatic heterocycles. The number of piperidine rings is 1. The van der Waals surface area contributed by atoms with Crippen molar-refractivity contribution in [3.05, 3.63) is 42.1 Å². The van der Waals surface area contributed by atoms with Crippen molar-refractivity contribution in [1.82, 2.24) is 24.6 Å². The summed E-state index contributed by atoms with van der Waals surface area (Å²) >= 11 is 0. The predicted molar refractivity (Wildman–Crippen MR) is 92.5 cm³/mol. The number of rotatable bonds is 3. The van der Waals surface area contributed by atoms with Crippen molar-refractivity contribution in [2.24, 2.45) is 0 Å². The quantitative estimate of drug-likeness (QED) is 0.720. The van der Waals surface area contributed by atoms with Gasteiger partial charge >= 0.3 is 0 Å². The average molecular weight is 352 g/mol. The highest BCUT2D eigenvalue weighted by molar-refractivity contribution is 5.81. The summed E-state index contributed by atoms with van der Waals surface area (Å²) in [7, 11) is 2.09. The minimum absolute atomic E-state index is 0.0966. The molecule has 7 nitrogen and oxygen atoms in total. The van der Waals surface area contributed by atoms with Gasteiger partial charge in [-0.2, -0.15) is 10.4 Å². The van der Waals surface area contributed by atoms with Crippen molar-refractivity contribution in [2.75, 3.05) is 20.1 Å². The van der Waals surface area contributed by atoms with Crippen LogP contribution in [0, 0.1) is 17.1 Å². The maximum Gasteiger partial charge on any atom is 0.228 e. The van der Waals surface area contributed by atoms with Crippen LogP contribution < -0.4 is 4.74 Å². The zero-order valence-electron chi connectivity index (χ0n) is 14.3. The summed E-state index contributed by atoms with van der Waals surface area (Å²) in [4.78, 5) is 10.7. The highest BCUT2D eigenvalue weighted by atomic mass is 19.1. The van der Waals surface area contributed by atoms with E-state index in [1.807, 2.05) is 6.07 Å². The standard InChI is InChI=1S/C18H17FN6O/c1-24-6-4-13(5-7-24)26-18-14-10-23-25(17(14)21-11-22-18)16-3-2-12(9-20)8-15(16)19/h2-3,8,10-11,13H,4-7H2,1H3. The molecule has 1 saturated heterocycles. The average Bonchev–Trinajstić information content (AvgIpc) is 3.08. The predicted octanol–water partition coefficient (Wildman–Crippen LogP) is 2.30. The Morgan fingerprint density at radius 3 is 2.81 bits per heavy atom. The highest BCUT2D eigenvalue weighted by Crippen LogP contribution is 2.27. The van der Waals surface area contributed by atoms with E-state index in [2.05, 4.69) is 27.0 Å². The van der Waals surface area contributed by atoms with E-state index in [9.17, 15) is 4.39 Å². The molecule has 1 fully saturated rings. The third-order valence-corrected chi connectivity index (χ3v) is 4.58. The van der Waals surface area contributed by atoms with E-state index in [0.29, 0.717) is 16.9 Å². The fourth-order valence-corrected chi connectivity index (χ4v) is 3.10. The molecule has 0 aliphatic carbocycles. The van der Waals surface area contributed by atoms with E-state index < -0.39 is 5.82 Å². The number of nitriles is 1. The largest absolute Gasteiger partial charge is 0.474 e. The second-order valence-electron chi connectivity index (χ2n) is 6.37. The van der Waals surface area contributed by atoms with Crippen LogP contribution >= 0.6 is 0 Å². The number of halogens is 1. The van der Waals surface area contributed by atoms with Gasteiger partial charge < -0.3 is 9.64 Å². The van der Waals surface area contributed by atoms with E-state index >= 15 is 0 Å². The summed E-state index contributed by atoms with van der Waals surface area (Å²) in [5.41, 5.74) is 0.943. The van der Waals surface area contributed by atoms with Gasteiger partial charge in [0.25, 0.3) is 0 Å².